The lowest BCUT2D eigenvalue weighted by molar-refractivity contribution is -0.123. The van der Waals surface area contributed by atoms with Crippen LogP contribution in [0.2, 0.25) is 0 Å². The van der Waals surface area contributed by atoms with Gasteiger partial charge in [0.15, 0.2) is 0 Å². The molecular formula is C15H20ClN3OS. The molecule has 2 aromatic rings. The average Bonchev–Trinajstić information content (AvgIpc) is 2.85. The van der Waals surface area contributed by atoms with Gasteiger partial charge in [-0.25, -0.2) is 4.98 Å². The number of carbonyl (C=O) groups excluding carboxylic acids is 1. The monoisotopic (exact) mass is 325 g/mol. The summed E-state index contributed by atoms with van der Waals surface area (Å²) in [5.74, 6) is -0.0772. The number of anilines is 1. The van der Waals surface area contributed by atoms with Crippen molar-refractivity contribution < 1.29 is 4.79 Å². The fraction of sp³-hybridized carbons (Fsp3) is 0.333. The molecule has 0 atom stereocenters. The average molecular weight is 326 g/mol. The van der Waals surface area contributed by atoms with Gasteiger partial charge in [-0.15, -0.1) is 23.7 Å². The fourth-order valence-corrected chi connectivity index (χ4v) is 2.27. The second-order valence-corrected chi connectivity index (χ2v) is 6.44. The van der Waals surface area contributed by atoms with Gasteiger partial charge in [0.1, 0.15) is 0 Å². The van der Waals surface area contributed by atoms with Crippen LogP contribution in [0.4, 0.5) is 5.69 Å². The molecular weight excluding hydrogens is 306 g/mol. The van der Waals surface area contributed by atoms with Crippen molar-refractivity contribution in [2.75, 3.05) is 11.9 Å². The molecule has 114 valence electrons. The highest BCUT2D eigenvalue weighted by molar-refractivity contribution is 7.09. The van der Waals surface area contributed by atoms with Crippen molar-refractivity contribution in [2.45, 2.75) is 20.8 Å². The van der Waals surface area contributed by atoms with Gasteiger partial charge in [0.25, 0.3) is 0 Å². The van der Waals surface area contributed by atoms with E-state index in [0.29, 0.717) is 6.54 Å². The first-order valence-electron chi connectivity index (χ1n) is 6.46. The van der Waals surface area contributed by atoms with Crippen LogP contribution in [0, 0.1) is 12.3 Å². The first-order chi connectivity index (χ1) is 9.42. The predicted molar refractivity (Wildman–Crippen MR) is 91.0 cm³/mol. The SMILES string of the molecule is Cc1nc(-c2cccc(NC(=O)C(C)(C)CN)c2)cs1.Cl. The third-order valence-electron chi connectivity index (χ3n) is 3.16. The molecule has 0 aliphatic heterocycles. The number of benzene rings is 1. The molecule has 6 heteroatoms. The molecule has 1 aromatic heterocycles. The summed E-state index contributed by atoms with van der Waals surface area (Å²) in [7, 11) is 0. The van der Waals surface area contributed by atoms with Gasteiger partial charge in [-0.05, 0) is 32.9 Å². The molecule has 0 aliphatic rings. The minimum atomic E-state index is -0.576. The molecule has 0 spiro atoms. The zero-order chi connectivity index (χ0) is 14.8. The maximum absolute atomic E-state index is 12.1. The first kappa shape index (κ1) is 17.6. The van der Waals surface area contributed by atoms with E-state index in [0.717, 1.165) is 22.0 Å². The van der Waals surface area contributed by atoms with Crippen molar-refractivity contribution in [2.24, 2.45) is 11.1 Å². The molecule has 1 aromatic carbocycles. The minimum absolute atomic E-state index is 0. The lowest BCUT2D eigenvalue weighted by atomic mass is 9.92. The third-order valence-corrected chi connectivity index (χ3v) is 3.93. The summed E-state index contributed by atoms with van der Waals surface area (Å²) in [4.78, 5) is 16.6. The Balaban J connectivity index is 0.00000220. The maximum Gasteiger partial charge on any atom is 0.231 e. The number of rotatable bonds is 4. The molecule has 0 fully saturated rings. The van der Waals surface area contributed by atoms with Crippen LogP contribution in [0.25, 0.3) is 11.3 Å². The van der Waals surface area contributed by atoms with Crippen molar-refractivity contribution in [3.63, 3.8) is 0 Å². The number of hydrogen-bond acceptors (Lipinski definition) is 4. The normalized spacial score (nSPS) is 10.9. The summed E-state index contributed by atoms with van der Waals surface area (Å²) in [5, 5.41) is 5.95. The quantitative estimate of drug-likeness (QED) is 0.904. The van der Waals surface area contributed by atoms with E-state index in [4.69, 9.17) is 5.73 Å². The van der Waals surface area contributed by atoms with Crippen molar-refractivity contribution in [1.82, 2.24) is 4.98 Å². The Hall–Kier alpha value is -1.43. The van der Waals surface area contributed by atoms with Gasteiger partial charge in [-0.3, -0.25) is 4.79 Å². The van der Waals surface area contributed by atoms with Crippen molar-refractivity contribution in [3.05, 3.63) is 34.7 Å². The Labute approximate surface area is 135 Å². The molecule has 4 nitrogen and oxygen atoms in total. The number of amides is 1. The highest BCUT2D eigenvalue weighted by atomic mass is 35.5. The van der Waals surface area contributed by atoms with Gasteiger partial charge in [-0.1, -0.05) is 12.1 Å². The zero-order valence-corrected chi connectivity index (χ0v) is 14.0. The van der Waals surface area contributed by atoms with E-state index in [2.05, 4.69) is 10.3 Å². The molecule has 1 amide bonds. The fourth-order valence-electron chi connectivity index (χ4n) is 1.65. The van der Waals surface area contributed by atoms with Gasteiger partial charge < -0.3 is 11.1 Å². The number of nitrogens with one attached hydrogen (secondary N) is 1. The van der Waals surface area contributed by atoms with Crippen LogP contribution < -0.4 is 11.1 Å². The molecule has 1 heterocycles. The first-order valence-corrected chi connectivity index (χ1v) is 7.34. The van der Waals surface area contributed by atoms with Crippen LogP contribution in [0.15, 0.2) is 29.6 Å². The molecule has 2 rings (SSSR count). The summed E-state index contributed by atoms with van der Waals surface area (Å²) in [6.45, 7) is 5.94. The van der Waals surface area contributed by atoms with Crippen LogP contribution in [0.3, 0.4) is 0 Å². The molecule has 0 saturated heterocycles. The Kier molecular flexibility index (Phi) is 5.89. The standard InChI is InChI=1S/C15H19N3OS.ClH/c1-10-17-13(8-20-10)11-5-4-6-12(7-11)18-14(19)15(2,3)9-16;/h4-8H,9,16H2,1-3H3,(H,18,19);1H. The summed E-state index contributed by atoms with van der Waals surface area (Å²) >= 11 is 1.61. The summed E-state index contributed by atoms with van der Waals surface area (Å²) in [6.07, 6.45) is 0. The Morgan fingerprint density at radius 1 is 1.43 bits per heavy atom. The summed E-state index contributed by atoms with van der Waals surface area (Å²) in [5.41, 5.74) is 7.73. The molecule has 0 bridgehead atoms. The van der Waals surface area contributed by atoms with Crippen molar-refractivity contribution in [3.8, 4) is 11.3 Å². The van der Waals surface area contributed by atoms with Crippen LogP contribution in [0.1, 0.15) is 18.9 Å². The van der Waals surface area contributed by atoms with E-state index in [9.17, 15) is 4.79 Å². The predicted octanol–water partition coefficient (Wildman–Crippen LogP) is 3.46. The third kappa shape index (κ3) is 4.27. The highest BCUT2D eigenvalue weighted by Gasteiger charge is 2.25. The number of aromatic nitrogens is 1. The topological polar surface area (TPSA) is 68.0 Å². The van der Waals surface area contributed by atoms with Crippen molar-refractivity contribution >= 4 is 35.3 Å². The van der Waals surface area contributed by atoms with E-state index in [-0.39, 0.29) is 18.3 Å². The van der Waals surface area contributed by atoms with Crippen LogP contribution in [0.5, 0.6) is 0 Å². The Morgan fingerprint density at radius 3 is 2.71 bits per heavy atom. The number of halogens is 1. The van der Waals surface area contributed by atoms with E-state index >= 15 is 0 Å². The minimum Gasteiger partial charge on any atom is -0.329 e. The number of aryl methyl sites for hydroxylation is 1. The number of nitrogens with zero attached hydrogens (tertiary/aromatic N) is 1. The van der Waals surface area contributed by atoms with Gasteiger partial charge >= 0.3 is 0 Å². The molecule has 0 radical (unpaired) electrons. The van der Waals surface area contributed by atoms with E-state index in [1.807, 2.05) is 50.4 Å². The zero-order valence-electron chi connectivity index (χ0n) is 12.3. The molecule has 0 aliphatic carbocycles. The van der Waals surface area contributed by atoms with Gasteiger partial charge in [-0.2, -0.15) is 0 Å². The second-order valence-electron chi connectivity index (χ2n) is 5.37. The Morgan fingerprint density at radius 2 is 2.14 bits per heavy atom. The number of carbonyl (C=O) groups is 1. The van der Waals surface area contributed by atoms with E-state index < -0.39 is 5.41 Å². The van der Waals surface area contributed by atoms with Crippen molar-refractivity contribution in [1.29, 1.82) is 0 Å². The number of hydrogen-bond donors (Lipinski definition) is 2. The summed E-state index contributed by atoms with van der Waals surface area (Å²) < 4.78 is 0. The van der Waals surface area contributed by atoms with Gasteiger partial charge in [0.05, 0.1) is 16.1 Å². The molecule has 0 saturated carbocycles. The Bertz CT molecular complexity index is 625. The van der Waals surface area contributed by atoms with E-state index in [1.165, 1.54) is 0 Å². The number of nitrogens with two attached hydrogens (primary N) is 1. The molecule has 0 unspecified atom stereocenters. The summed E-state index contributed by atoms with van der Waals surface area (Å²) in [6, 6.07) is 7.69. The van der Waals surface area contributed by atoms with Crippen LogP contribution in [-0.2, 0) is 4.79 Å². The maximum atomic E-state index is 12.1. The van der Waals surface area contributed by atoms with E-state index in [1.54, 1.807) is 11.3 Å². The highest BCUT2D eigenvalue weighted by Crippen LogP contribution is 2.25. The van der Waals surface area contributed by atoms with Gasteiger partial charge in [0, 0.05) is 23.2 Å². The second kappa shape index (κ2) is 7.02. The lowest BCUT2D eigenvalue weighted by Gasteiger charge is -2.21. The van der Waals surface area contributed by atoms with Crippen LogP contribution in [-0.4, -0.2) is 17.4 Å². The smallest absolute Gasteiger partial charge is 0.231 e. The largest absolute Gasteiger partial charge is 0.329 e. The van der Waals surface area contributed by atoms with Crippen LogP contribution >= 0.6 is 23.7 Å². The van der Waals surface area contributed by atoms with Gasteiger partial charge in [0.2, 0.25) is 5.91 Å². The molecule has 21 heavy (non-hydrogen) atoms. The molecule has 3 N–H and O–H groups in total. The number of thiazole rings is 1. The lowest BCUT2D eigenvalue weighted by Crippen LogP contribution is -2.37.